The smallest absolute Gasteiger partial charge is 0.382 e. The molecule has 120 valence electrons. The minimum atomic E-state index is -5.63. The average Bonchev–Trinajstić information content (AvgIpc) is 2.73. The molecule has 0 amide bonds. The van der Waals surface area contributed by atoms with Crippen LogP contribution in [0, 0.1) is 5.41 Å². The summed E-state index contributed by atoms with van der Waals surface area (Å²) >= 11 is 5.79. The van der Waals surface area contributed by atoms with E-state index in [-0.39, 0.29) is 16.2 Å². The van der Waals surface area contributed by atoms with Crippen molar-refractivity contribution in [1.82, 2.24) is 9.78 Å². The van der Waals surface area contributed by atoms with Crippen molar-refractivity contribution in [3.8, 4) is 0 Å². The minimum Gasteiger partial charge on any atom is -0.382 e. The molecule has 0 saturated carbocycles. The van der Waals surface area contributed by atoms with Gasteiger partial charge >= 0.3 is 12.1 Å². The lowest BCUT2D eigenvalue weighted by Gasteiger charge is -2.19. The second kappa shape index (κ2) is 5.38. The van der Waals surface area contributed by atoms with Crippen LogP contribution in [0.3, 0.4) is 0 Å². The third kappa shape index (κ3) is 2.99. The lowest BCUT2D eigenvalue weighted by molar-refractivity contribution is -0.285. The maximum Gasteiger partial charge on any atom is 0.453 e. The molecule has 2 rings (SSSR count). The van der Waals surface area contributed by atoms with E-state index in [2.05, 4.69) is 5.10 Å². The number of nitrogens with zero attached hydrogens (tertiary/aromatic N) is 2. The molecular formula is C12H10ClF5N4. The van der Waals surface area contributed by atoms with Gasteiger partial charge in [0, 0.05) is 23.4 Å². The number of alkyl halides is 5. The van der Waals surface area contributed by atoms with Crippen LogP contribution in [0.2, 0.25) is 5.02 Å². The zero-order chi connectivity index (χ0) is 16.7. The molecule has 0 radical (unpaired) electrons. The average molecular weight is 341 g/mol. The van der Waals surface area contributed by atoms with E-state index in [0.29, 0.717) is 5.39 Å². The predicted molar refractivity (Wildman–Crippen MR) is 71.4 cm³/mol. The zero-order valence-corrected chi connectivity index (χ0v) is 11.6. The number of hydrogen-bond acceptors (Lipinski definition) is 2. The lowest BCUT2D eigenvalue weighted by atomic mass is 10.2. The normalized spacial score (nSPS) is 12.8. The summed E-state index contributed by atoms with van der Waals surface area (Å²) in [4.78, 5) is 0. The fourth-order valence-electron chi connectivity index (χ4n) is 1.90. The minimum absolute atomic E-state index is 0.00184. The van der Waals surface area contributed by atoms with Crippen LogP contribution in [0.25, 0.3) is 10.9 Å². The lowest BCUT2D eigenvalue weighted by Crippen LogP contribution is -2.37. The van der Waals surface area contributed by atoms with Crippen molar-refractivity contribution in [2.24, 2.45) is 5.73 Å². The van der Waals surface area contributed by atoms with Gasteiger partial charge in [0.25, 0.3) is 0 Å². The van der Waals surface area contributed by atoms with Gasteiger partial charge in [0.15, 0.2) is 0 Å². The van der Waals surface area contributed by atoms with Crippen molar-refractivity contribution >= 4 is 28.3 Å². The summed E-state index contributed by atoms with van der Waals surface area (Å²) < 4.78 is 63.5. The SMILES string of the molecule is N=C(N)c1nn(CCC(F)(F)C(F)(F)F)c2cc(Cl)ccc12. The molecule has 0 fully saturated rings. The molecule has 0 aliphatic rings. The van der Waals surface area contributed by atoms with E-state index < -0.39 is 30.9 Å². The molecule has 3 N–H and O–H groups in total. The summed E-state index contributed by atoms with van der Waals surface area (Å²) in [5.41, 5.74) is 5.56. The first-order valence-electron chi connectivity index (χ1n) is 5.98. The Morgan fingerprint density at radius 3 is 2.45 bits per heavy atom. The fraction of sp³-hybridized carbons (Fsp3) is 0.333. The number of aromatic nitrogens is 2. The summed E-state index contributed by atoms with van der Waals surface area (Å²) in [6.07, 6.45) is -7.10. The highest BCUT2D eigenvalue weighted by Gasteiger charge is 2.56. The first-order valence-corrected chi connectivity index (χ1v) is 6.36. The molecule has 0 aliphatic carbocycles. The third-order valence-electron chi connectivity index (χ3n) is 3.02. The fourth-order valence-corrected chi connectivity index (χ4v) is 2.07. The number of fused-ring (bicyclic) bond motifs is 1. The molecule has 4 nitrogen and oxygen atoms in total. The van der Waals surface area contributed by atoms with Crippen LogP contribution >= 0.6 is 11.6 Å². The second-order valence-corrected chi connectivity index (χ2v) is 5.04. The van der Waals surface area contributed by atoms with Gasteiger partial charge < -0.3 is 5.73 Å². The van der Waals surface area contributed by atoms with E-state index in [0.717, 1.165) is 4.68 Å². The Labute approximate surface area is 126 Å². The van der Waals surface area contributed by atoms with Gasteiger partial charge in [-0.3, -0.25) is 10.1 Å². The summed E-state index contributed by atoms with van der Waals surface area (Å²) in [7, 11) is 0. The molecule has 1 aromatic carbocycles. The number of aryl methyl sites for hydroxylation is 1. The molecule has 0 bridgehead atoms. The number of halogens is 6. The Morgan fingerprint density at radius 1 is 1.27 bits per heavy atom. The van der Waals surface area contributed by atoms with Crippen molar-refractivity contribution in [1.29, 1.82) is 5.41 Å². The van der Waals surface area contributed by atoms with E-state index in [1.807, 2.05) is 0 Å². The topological polar surface area (TPSA) is 67.7 Å². The van der Waals surface area contributed by atoms with Crippen molar-refractivity contribution in [2.45, 2.75) is 25.1 Å². The van der Waals surface area contributed by atoms with Crippen molar-refractivity contribution < 1.29 is 22.0 Å². The van der Waals surface area contributed by atoms with E-state index in [4.69, 9.17) is 22.7 Å². The quantitative estimate of drug-likeness (QED) is 0.507. The van der Waals surface area contributed by atoms with Gasteiger partial charge in [0.05, 0.1) is 5.52 Å². The molecule has 1 heterocycles. The molecule has 10 heteroatoms. The van der Waals surface area contributed by atoms with Gasteiger partial charge in [0.1, 0.15) is 11.5 Å². The Balaban J connectivity index is 2.40. The highest BCUT2D eigenvalue weighted by Crippen LogP contribution is 2.38. The number of nitrogen functional groups attached to an aromatic ring is 1. The molecule has 0 unspecified atom stereocenters. The maximum absolute atomic E-state index is 13.0. The summed E-state index contributed by atoms with van der Waals surface area (Å²) in [6, 6.07) is 4.31. The zero-order valence-electron chi connectivity index (χ0n) is 10.9. The molecule has 0 atom stereocenters. The number of nitrogens with two attached hydrogens (primary N) is 1. The van der Waals surface area contributed by atoms with Crippen LogP contribution in [0.15, 0.2) is 18.2 Å². The molecule has 2 aromatic rings. The van der Waals surface area contributed by atoms with Crippen molar-refractivity contribution in [3.05, 3.63) is 28.9 Å². The highest BCUT2D eigenvalue weighted by molar-refractivity contribution is 6.31. The van der Waals surface area contributed by atoms with Crippen LogP contribution in [-0.2, 0) is 6.54 Å². The Hall–Kier alpha value is -1.90. The summed E-state index contributed by atoms with van der Waals surface area (Å²) in [5.74, 6) is -5.26. The first kappa shape index (κ1) is 16.5. The van der Waals surface area contributed by atoms with Crippen LogP contribution < -0.4 is 5.73 Å². The Bertz CT molecular complexity index is 722. The van der Waals surface area contributed by atoms with Crippen LogP contribution in [0.5, 0.6) is 0 Å². The number of benzene rings is 1. The maximum atomic E-state index is 13.0. The molecular weight excluding hydrogens is 331 g/mol. The van der Waals surface area contributed by atoms with E-state index in [1.54, 1.807) is 0 Å². The number of hydrogen-bond donors (Lipinski definition) is 2. The predicted octanol–water partition coefficient (Wildman–Crippen LogP) is 3.56. The molecule has 0 saturated heterocycles. The van der Waals surface area contributed by atoms with Gasteiger partial charge in [-0.1, -0.05) is 11.6 Å². The second-order valence-electron chi connectivity index (χ2n) is 4.60. The first-order chi connectivity index (χ1) is 10.0. The Kier molecular flexibility index (Phi) is 4.03. The summed E-state index contributed by atoms with van der Waals surface area (Å²) in [5, 5.41) is 11.8. The third-order valence-corrected chi connectivity index (χ3v) is 3.26. The molecule has 0 aliphatic heterocycles. The van der Waals surface area contributed by atoms with Crippen molar-refractivity contribution in [2.75, 3.05) is 0 Å². The number of rotatable bonds is 4. The monoisotopic (exact) mass is 340 g/mol. The van der Waals surface area contributed by atoms with Crippen LogP contribution in [0.4, 0.5) is 22.0 Å². The summed E-state index contributed by atoms with van der Waals surface area (Å²) in [6.45, 7) is -0.698. The number of nitrogens with one attached hydrogen (secondary N) is 1. The van der Waals surface area contributed by atoms with E-state index >= 15 is 0 Å². The Morgan fingerprint density at radius 2 is 1.91 bits per heavy atom. The number of amidine groups is 1. The highest BCUT2D eigenvalue weighted by atomic mass is 35.5. The molecule has 0 spiro atoms. The van der Waals surface area contributed by atoms with Crippen LogP contribution in [0.1, 0.15) is 12.1 Å². The molecule has 1 aromatic heterocycles. The van der Waals surface area contributed by atoms with Gasteiger partial charge in [0.2, 0.25) is 0 Å². The standard InChI is InChI=1S/C12H10ClF5N4/c13-6-1-2-7-8(5-6)22(21-9(7)10(19)20)4-3-11(14,15)12(16,17)18/h1-2,5H,3-4H2,(H3,19,20). The van der Waals surface area contributed by atoms with Crippen molar-refractivity contribution in [3.63, 3.8) is 0 Å². The largest absolute Gasteiger partial charge is 0.453 e. The van der Waals surface area contributed by atoms with Crippen LogP contribution in [-0.4, -0.2) is 27.7 Å². The molecule has 22 heavy (non-hydrogen) atoms. The van der Waals surface area contributed by atoms with E-state index in [9.17, 15) is 22.0 Å². The van der Waals surface area contributed by atoms with Gasteiger partial charge in [-0.15, -0.1) is 0 Å². The van der Waals surface area contributed by atoms with Gasteiger partial charge in [-0.25, -0.2) is 0 Å². The van der Waals surface area contributed by atoms with Gasteiger partial charge in [-0.05, 0) is 18.2 Å². The van der Waals surface area contributed by atoms with Gasteiger partial charge in [-0.2, -0.15) is 27.1 Å². The van der Waals surface area contributed by atoms with E-state index in [1.165, 1.54) is 18.2 Å².